The molecule has 0 spiro atoms. The number of benzene rings is 2. The third-order valence-corrected chi connectivity index (χ3v) is 6.73. The monoisotopic (exact) mass is 394 g/mol. The van der Waals surface area contributed by atoms with Crippen LogP contribution >= 0.6 is 0 Å². The number of fused-ring (bicyclic) bond motifs is 1. The van der Waals surface area contributed by atoms with Crippen LogP contribution in [0.15, 0.2) is 36.4 Å². The number of likely N-dealkylation sites (tertiary alicyclic amines) is 1. The van der Waals surface area contributed by atoms with Crippen molar-refractivity contribution in [1.29, 1.82) is 0 Å². The highest BCUT2D eigenvalue weighted by atomic mass is 16.3. The van der Waals surface area contributed by atoms with Gasteiger partial charge in [-0.25, -0.2) is 0 Å². The Morgan fingerprint density at radius 2 is 1.72 bits per heavy atom. The lowest BCUT2D eigenvalue weighted by atomic mass is 9.79. The number of hydrogen-bond donors (Lipinski definition) is 2. The Kier molecular flexibility index (Phi) is 6.29. The van der Waals surface area contributed by atoms with E-state index in [1.807, 2.05) is 18.2 Å². The first-order valence-electron chi connectivity index (χ1n) is 11.2. The predicted molar refractivity (Wildman–Crippen MR) is 119 cm³/mol. The Hall–Kier alpha value is -2.20. The van der Waals surface area contributed by atoms with Gasteiger partial charge in [-0.15, -0.1) is 0 Å². The van der Waals surface area contributed by atoms with Crippen molar-refractivity contribution in [3.8, 4) is 11.5 Å². The van der Waals surface area contributed by atoms with Gasteiger partial charge in [0.2, 0.25) is 0 Å². The molecule has 0 aromatic heterocycles. The van der Waals surface area contributed by atoms with Crippen LogP contribution in [0, 0.1) is 0 Å². The molecule has 4 heteroatoms. The molecule has 0 bridgehead atoms. The van der Waals surface area contributed by atoms with Crippen molar-refractivity contribution in [2.45, 2.75) is 51.4 Å². The zero-order valence-electron chi connectivity index (χ0n) is 17.6. The van der Waals surface area contributed by atoms with Crippen molar-refractivity contribution in [1.82, 2.24) is 4.90 Å². The highest BCUT2D eigenvalue weighted by Crippen LogP contribution is 2.39. The van der Waals surface area contributed by atoms with Gasteiger partial charge in [0.05, 0.1) is 0 Å². The largest absolute Gasteiger partial charge is 0.508 e. The molecule has 2 aliphatic rings. The van der Waals surface area contributed by atoms with E-state index in [1.54, 1.807) is 6.07 Å². The fourth-order valence-corrected chi connectivity index (χ4v) is 5.05. The minimum Gasteiger partial charge on any atom is -0.508 e. The summed E-state index contributed by atoms with van der Waals surface area (Å²) in [5, 5.41) is 20.0. The summed E-state index contributed by atoms with van der Waals surface area (Å²) in [6.07, 6.45) is 7.08. The average molecular weight is 395 g/mol. The van der Waals surface area contributed by atoms with Gasteiger partial charge in [0.15, 0.2) is 0 Å². The SMILES string of the molecule is CCN(CCN1CCCCC1)c1cc(O)ccc1C1CCc2cc(O)ccc2C1. The van der Waals surface area contributed by atoms with Crippen molar-refractivity contribution in [2.75, 3.05) is 37.6 Å². The van der Waals surface area contributed by atoms with Crippen molar-refractivity contribution >= 4 is 5.69 Å². The van der Waals surface area contributed by atoms with Gasteiger partial charge in [-0.2, -0.15) is 0 Å². The molecule has 4 rings (SSSR count). The molecule has 2 aromatic carbocycles. The van der Waals surface area contributed by atoms with Crippen LogP contribution in [0.25, 0.3) is 0 Å². The van der Waals surface area contributed by atoms with Crippen LogP contribution in [0.5, 0.6) is 11.5 Å². The van der Waals surface area contributed by atoms with Crippen molar-refractivity contribution in [3.63, 3.8) is 0 Å². The second kappa shape index (κ2) is 9.08. The maximum Gasteiger partial charge on any atom is 0.117 e. The van der Waals surface area contributed by atoms with Gasteiger partial charge in [0, 0.05) is 31.4 Å². The summed E-state index contributed by atoms with van der Waals surface area (Å²) in [6, 6.07) is 11.7. The Morgan fingerprint density at radius 1 is 0.966 bits per heavy atom. The molecular weight excluding hydrogens is 360 g/mol. The normalized spacial score (nSPS) is 19.7. The predicted octanol–water partition coefficient (Wildman–Crippen LogP) is 4.68. The number of nitrogens with zero attached hydrogens (tertiary/aromatic N) is 2. The van der Waals surface area contributed by atoms with Crippen LogP contribution in [0.4, 0.5) is 5.69 Å². The first-order chi connectivity index (χ1) is 14.1. The molecule has 1 fully saturated rings. The number of anilines is 1. The molecule has 1 heterocycles. The van der Waals surface area contributed by atoms with Gasteiger partial charge in [-0.1, -0.05) is 18.6 Å². The lowest BCUT2D eigenvalue weighted by Gasteiger charge is -2.34. The van der Waals surface area contributed by atoms with Crippen molar-refractivity contribution in [2.24, 2.45) is 0 Å². The Labute approximate surface area is 174 Å². The third-order valence-electron chi connectivity index (χ3n) is 6.73. The second-order valence-corrected chi connectivity index (χ2v) is 8.62. The summed E-state index contributed by atoms with van der Waals surface area (Å²) in [5.74, 6) is 1.16. The molecule has 1 aliphatic heterocycles. The fraction of sp³-hybridized carbons (Fsp3) is 0.520. The summed E-state index contributed by atoms with van der Waals surface area (Å²) < 4.78 is 0. The van der Waals surface area contributed by atoms with Gasteiger partial charge >= 0.3 is 0 Å². The zero-order valence-corrected chi connectivity index (χ0v) is 17.6. The molecular formula is C25H34N2O2. The average Bonchev–Trinajstić information content (AvgIpc) is 2.75. The van der Waals surface area contributed by atoms with Gasteiger partial charge in [-0.05, 0) is 92.9 Å². The summed E-state index contributed by atoms with van der Waals surface area (Å²) in [5.41, 5.74) is 5.16. The molecule has 1 atom stereocenters. The Morgan fingerprint density at radius 3 is 2.52 bits per heavy atom. The first kappa shape index (κ1) is 20.1. The highest BCUT2D eigenvalue weighted by Gasteiger charge is 2.24. The molecule has 0 saturated carbocycles. The number of aromatic hydroxyl groups is 2. The van der Waals surface area contributed by atoms with E-state index in [9.17, 15) is 10.2 Å². The fourth-order valence-electron chi connectivity index (χ4n) is 5.05. The lowest BCUT2D eigenvalue weighted by molar-refractivity contribution is 0.233. The molecule has 0 radical (unpaired) electrons. The molecule has 29 heavy (non-hydrogen) atoms. The van der Waals surface area contributed by atoms with Crippen LogP contribution in [0.3, 0.4) is 0 Å². The molecule has 1 saturated heterocycles. The molecule has 2 N–H and O–H groups in total. The van der Waals surface area contributed by atoms with E-state index < -0.39 is 0 Å². The number of likely N-dealkylation sites (N-methyl/N-ethyl adjacent to an activating group) is 1. The minimum absolute atomic E-state index is 0.348. The smallest absolute Gasteiger partial charge is 0.117 e. The van der Waals surface area contributed by atoms with Crippen LogP contribution in [0.1, 0.15) is 55.2 Å². The van der Waals surface area contributed by atoms with E-state index in [2.05, 4.69) is 28.9 Å². The number of phenolic OH excluding ortho intramolecular Hbond substituents is 2. The lowest BCUT2D eigenvalue weighted by Crippen LogP contribution is -2.38. The maximum atomic E-state index is 10.2. The minimum atomic E-state index is 0.348. The molecule has 0 amide bonds. The summed E-state index contributed by atoms with van der Waals surface area (Å²) in [6.45, 7) is 7.69. The van der Waals surface area contributed by atoms with E-state index in [0.717, 1.165) is 38.9 Å². The quantitative estimate of drug-likeness (QED) is 0.747. The van der Waals surface area contributed by atoms with Gasteiger partial charge in [0.25, 0.3) is 0 Å². The van der Waals surface area contributed by atoms with Gasteiger partial charge in [0.1, 0.15) is 11.5 Å². The molecule has 1 unspecified atom stereocenters. The highest BCUT2D eigenvalue weighted by molar-refractivity contribution is 5.59. The maximum absolute atomic E-state index is 10.2. The molecule has 1 aliphatic carbocycles. The van der Waals surface area contributed by atoms with E-state index in [-0.39, 0.29) is 0 Å². The second-order valence-electron chi connectivity index (χ2n) is 8.62. The number of phenols is 2. The Bertz CT molecular complexity index is 830. The van der Waals surface area contributed by atoms with Crippen LogP contribution < -0.4 is 4.90 Å². The molecule has 156 valence electrons. The molecule has 4 nitrogen and oxygen atoms in total. The number of hydrogen-bond acceptors (Lipinski definition) is 4. The zero-order chi connectivity index (χ0) is 20.2. The third kappa shape index (κ3) is 4.69. The first-order valence-corrected chi connectivity index (χ1v) is 11.2. The van der Waals surface area contributed by atoms with E-state index in [0.29, 0.717) is 17.4 Å². The van der Waals surface area contributed by atoms with Crippen LogP contribution in [-0.2, 0) is 12.8 Å². The summed E-state index contributed by atoms with van der Waals surface area (Å²) in [7, 11) is 0. The standard InChI is InChI=1S/C25H34N2O2/c1-2-27(15-14-26-12-4-3-5-13-26)25-18-23(29)10-11-24(25)21-7-6-20-17-22(28)9-8-19(20)16-21/h8-11,17-18,21,28-29H,2-7,12-16H2,1H3. The van der Waals surface area contributed by atoms with E-state index in [4.69, 9.17) is 0 Å². The summed E-state index contributed by atoms with van der Waals surface area (Å²) in [4.78, 5) is 5.02. The number of rotatable bonds is 6. The van der Waals surface area contributed by atoms with E-state index >= 15 is 0 Å². The number of piperidine rings is 1. The Balaban J connectivity index is 1.54. The van der Waals surface area contributed by atoms with Crippen molar-refractivity contribution < 1.29 is 10.2 Å². The summed E-state index contributed by atoms with van der Waals surface area (Å²) >= 11 is 0. The van der Waals surface area contributed by atoms with Crippen LogP contribution in [-0.4, -0.2) is 47.8 Å². The van der Waals surface area contributed by atoms with Gasteiger partial charge < -0.3 is 20.0 Å². The van der Waals surface area contributed by atoms with Crippen molar-refractivity contribution in [3.05, 3.63) is 53.1 Å². The topological polar surface area (TPSA) is 46.9 Å². The van der Waals surface area contributed by atoms with Gasteiger partial charge in [-0.3, -0.25) is 0 Å². The number of aryl methyl sites for hydroxylation is 1. The van der Waals surface area contributed by atoms with E-state index in [1.165, 1.54) is 54.7 Å². The molecule has 2 aromatic rings. The van der Waals surface area contributed by atoms with Crippen LogP contribution in [0.2, 0.25) is 0 Å².